The number of amides is 5. The number of ether oxygens (including phenoxy) is 3. The van der Waals surface area contributed by atoms with Crippen LogP contribution in [0.4, 0.5) is 5.69 Å². The molecule has 18 heteroatoms. The monoisotopic (exact) mass is 925 g/mol. The maximum Gasteiger partial charge on any atom is 0.329 e. The number of imidazole rings is 1. The lowest BCUT2D eigenvalue weighted by molar-refractivity contribution is -0.136. The summed E-state index contributed by atoms with van der Waals surface area (Å²) in [5, 5.41) is 12.8. The molecule has 0 bridgehead atoms. The lowest BCUT2D eigenvalue weighted by Crippen LogP contribution is -2.55. The summed E-state index contributed by atoms with van der Waals surface area (Å²) < 4.78 is 20.9. The number of aliphatic carboxylic acids is 1. The SMILES string of the molecule is CC(=O)O.CC(OCc1ccc(CCCOCCOCCCc2ccc3c(c2)n(C)c(=O)n3C2CCC(=O)NC2=O)cc1)C(CCC(N)=O)NC(=O)[C@@H]1Cc2cccc3c2N1C(=O)[C@@H](N)CC3. The molecule has 1 aromatic heterocycles. The molecule has 67 heavy (non-hydrogen) atoms. The van der Waals surface area contributed by atoms with E-state index < -0.39 is 48.1 Å². The van der Waals surface area contributed by atoms with Crippen LogP contribution in [-0.2, 0) is 82.3 Å². The van der Waals surface area contributed by atoms with Gasteiger partial charge in [0.15, 0.2) is 0 Å². The van der Waals surface area contributed by atoms with Gasteiger partial charge in [0, 0.05) is 46.4 Å². The van der Waals surface area contributed by atoms with Crippen molar-refractivity contribution in [1.29, 1.82) is 0 Å². The van der Waals surface area contributed by atoms with Crippen molar-refractivity contribution in [1.82, 2.24) is 19.8 Å². The van der Waals surface area contributed by atoms with Crippen LogP contribution in [0.15, 0.2) is 65.5 Å². The van der Waals surface area contributed by atoms with Crippen LogP contribution in [0.5, 0.6) is 0 Å². The van der Waals surface area contributed by atoms with Gasteiger partial charge in [0.25, 0.3) is 5.97 Å². The fourth-order valence-corrected chi connectivity index (χ4v) is 8.88. The number of aromatic nitrogens is 2. The highest BCUT2D eigenvalue weighted by atomic mass is 16.5. The van der Waals surface area contributed by atoms with Crippen molar-refractivity contribution >= 4 is 52.2 Å². The van der Waals surface area contributed by atoms with E-state index in [1.165, 1.54) is 10.1 Å². The van der Waals surface area contributed by atoms with Gasteiger partial charge in [-0.2, -0.15) is 0 Å². The van der Waals surface area contributed by atoms with Gasteiger partial charge < -0.3 is 36.1 Å². The molecular weight excluding hydrogens is 863 g/mol. The summed E-state index contributed by atoms with van der Waals surface area (Å²) in [4.78, 5) is 86.6. The first-order valence-electron chi connectivity index (χ1n) is 23.0. The number of imide groups is 1. The smallest absolute Gasteiger partial charge is 0.329 e. The summed E-state index contributed by atoms with van der Waals surface area (Å²) in [6, 6.07) is 17.2. The second-order valence-corrected chi connectivity index (χ2v) is 17.4. The average molecular weight is 926 g/mol. The fourth-order valence-electron chi connectivity index (χ4n) is 8.88. The fraction of sp³-hybridized carbons (Fsp3) is 0.490. The Morgan fingerprint density at radius 3 is 2.18 bits per heavy atom. The van der Waals surface area contributed by atoms with Gasteiger partial charge >= 0.3 is 5.69 Å². The molecule has 1 fully saturated rings. The third kappa shape index (κ3) is 13.0. The van der Waals surface area contributed by atoms with E-state index in [0.717, 1.165) is 66.1 Å². The lowest BCUT2D eigenvalue weighted by Gasteiger charge is -2.30. The number of fused-ring (bicyclic) bond motifs is 1. The molecule has 18 nitrogen and oxygen atoms in total. The van der Waals surface area contributed by atoms with E-state index in [2.05, 4.69) is 22.8 Å². The van der Waals surface area contributed by atoms with Crippen molar-refractivity contribution in [3.8, 4) is 0 Å². The summed E-state index contributed by atoms with van der Waals surface area (Å²) in [6.45, 7) is 5.42. The zero-order valence-corrected chi connectivity index (χ0v) is 38.5. The number of hydrogen-bond acceptors (Lipinski definition) is 11. The molecule has 0 spiro atoms. The van der Waals surface area contributed by atoms with Gasteiger partial charge in [-0.3, -0.25) is 48.1 Å². The maximum absolute atomic E-state index is 13.8. The molecule has 5 amide bonds. The molecule has 7 rings (SSSR count). The molecule has 0 saturated carbocycles. The van der Waals surface area contributed by atoms with Crippen LogP contribution in [0, 0.1) is 0 Å². The number of hydrogen-bond donors (Lipinski definition) is 5. The van der Waals surface area contributed by atoms with Crippen LogP contribution < -0.4 is 32.7 Å². The number of anilines is 1. The van der Waals surface area contributed by atoms with Crippen molar-refractivity contribution in [3.05, 3.63) is 99.0 Å². The largest absolute Gasteiger partial charge is 0.481 e. The van der Waals surface area contributed by atoms with E-state index in [-0.39, 0.29) is 36.3 Å². The van der Waals surface area contributed by atoms with E-state index in [0.29, 0.717) is 70.7 Å². The van der Waals surface area contributed by atoms with Crippen LogP contribution in [0.3, 0.4) is 0 Å². The first-order chi connectivity index (χ1) is 32.1. The number of carboxylic acid groups (broad SMARTS) is 1. The van der Waals surface area contributed by atoms with Gasteiger partial charge in [0.05, 0.1) is 54.7 Å². The zero-order valence-electron chi connectivity index (χ0n) is 38.5. The number of nitrogens with zero attached hydrogens (tertiary/aromatic N) is 3. The summed E-state index contributed by atoms with van der Waals surface area (Å²) in [5.41, 5.74) is 18.8. The molecule has 4 heterocycles. The number of piperidine rings is 1. The maximum atomic E-state index is 13.8. The van der Waals surface area contributed by atoms with Gasteiger partial charge in [-0.05, 0) is 98.2 Å². The van der Waals surface area contributed by atoms with E-state index in [1.807, 2.05) is 55.5 Å². The molecule has 0 radical (unpaired) electrons. The van der Waals surface area contributed by atoms with Crippen LogP contribution in [0.25, 0.3) is 11.0 Å². The molecule has 4 aromatic rings. The molecule has 3 aromatic carbocycles. The Morgan fingerprint density at radius 2 is 1.51 bits per heavy atom. The second kappa shape index (κ2) is 23.5. The highest BCUT2D eigenvalue weighted by molar-refractivity contribution is 6.07. The lowest BCUT2D eigenvalue weighted by atomic mass is 10.0. The quantitative estimate of drug-likeness (QED) is 0.0598. The topological polar surface area (TPSA) is 257 Å². The zero-order chi connectivity index (χ0) is 48.2. The third-order valence-corrected chi connectivity index (χ3v) is 12.4. The number of carbonyl (C=O) groups is 6. The molecule has 3 unspecified atom stereocenters. The minimum absolute atomic E-state index is 0.0744. The Bertz CT molecular complexity index is 2480. The Hall–Kier alpha value is -6.21. The highest BCUT2D eigenvalue weighted by Gasteiger charge is 2.43. The molecule has 360 valence electrons. The molecule has 0 aliphatic carbocycles. The highest BCUT2D eigenvalue weighted by Crippen LogP contribution is 2.39. The average Bonchev–Trinajstić information content (AvgIpc) is 3.76. The van der Waals surface area contributed by atoms with E-state index in [1.54, 1.807) is 16.5 Å². The summed E-state index contributed by atoms with van der Waals surface area (Å²) in [7, 11) is 1.69. The summed E-state index contributed by atoms with van der Waals surface area (Å²) in [6.07, 6.45) is 5.28. The molecule has 7 N–H and O–H groups in total. The van der Waals surface area contributed by atoms with E-state index in [9.17, 15) is 28.8 Å². The van der Waals surface area contributed by atoms with E-state index in [4.69, 9.17) is 35.6 Å². The van der Waals surface area contributed by atoms with Crippen LogP contribution in [0.1, 0.15) is 92.7 Å². The Labute approximate surface area is 389 Å². The van der Waals surface area contributed by atoms with Gasteiger partial charge in [-0.1, -0.05) is 48.5 Å². The predicted molar refractivity (Wildman–Crippen MR) is 249 cm³/mol. The number of primary amides is 1. The summed E-state index contributed by atoms with van der Waals surface area (Å²) in [5.74, 6) is -2.64. The molecule has 1 saturated heterocycles. The van der Waals surface area contributed by atoms with Crippen LogP contribution in [-0.4, -0.2) is 100 Å². The Balaban J connectivity index is 0.00000178. The molecular formula is C49H63N7O11. The van der Waals surface area contributed by atoms with Gasteiger partial charge in [0.2, 0.25) is 29.5 Å². The van der Waals surface area contributed by atoms with Gasteiger partial charge in [0.1, 0.15) is 12.1 Å². The molecule has 5 atom stereocenters. The van der Waals surface area contributed by atoms with Crippen molar-refractivity contribution in [3.63, 3.8) is 0 Å². The standard InChI is InChI=1S/C47H59N7O9.C2H4O2/c1-29(36(17-20-41(49)55)50-45(58)40-27-34-9-3-8-33-15-16-35(48)46(59)54(40)43(33)34)63-28-32-12-10-30(11-13-32)6-4-22-61-24-25-62-23-5-7-31-14-18-37-39(26-31)52(2)47(60)53(37)38-19-21-42(56)51-44(38)57;1-2(3)4/h3,8-14,18,26,29,35-36,38,40H,4-7,15-17,19-25,27-28,48H2,1-2H3,(H2,49,55)(H,50,58)(H,51,56,57);1H3,(H,3,4)/t29?,35-,36?,38?,40-;/m0./s1. The Morgan fingerprint density at radius 1 is 0.866 bits per heavy atom. The third-order valence-electron chi connectivity index (χ3n) is 12.4. The number of aryl methyl sites for hydroxylation is 4. The van der Waals surface area contributed by atoms with Crippen molar-refractivity contribution in [2.45, 2.75) is 121 Å². The second-order valence-electron chi connectivity index (χ2n) is 17.4. The molecule has 3 aliphatic heterocycles. The number of para-hydroxylation sites is 1. The number of carboxylic acids is 1. The number of rotatable bonds is 21. The van der Waals surface area contributed by atoms with Gasteiger partial charge in [-0.15, -0.1) is 0 Å². The predicted octanol–water partition coefficient (Wildman–Crippen LogP) is 2.89. The minimum atomic E-state index is -0.833. The van der Waals surface area contributed by atoms with Crippen LogP contribution >= 0.6 is 0 Å². The number of benzene rings is 3. The van der Waals surface area contributed by atoms with Crippen LogP contribution in [0.2, 0.25) is 0 Å². The van der Waals surface area contributed by atoms with Crippen molar-refractivity contribution in [2.75, 3.05) is 31.3 Å². The number of nitrogens with two attached hydrogens (primary N) is 2. The Kier molecular flexibility index (Phi) is 17.6. The number of carbonyl (C=O) groups excluding carboxylic acids is 5. The van der Waals surface area contributed by atoms with Gasteiger partial charge in [-0.25, -0.2) is 4.79 Å². The first-order valence-corrected chi connectivity index (χ1v) is 23.0. The van der Waals surface area contributed by atoms with Crippen molar-refractivity contribution in [2.24, 2.45) is 18.5 Å². The normalized spacial score (nSPS) is 18.7. The number of nitrogens with one attached hydrogen (secondary N) is 2. The van der Waals surface area contributed by atoms with Crippen molar-refractivity contribution < 1.29 is 48.1 Å². The first kappa shape index (κ1) is 50.2. The summed E-state index contributed by atoms with van der Waals surface area (Å²) >= 11 is 0. The van der Waals surface area contributed by atoms with E-state index >= 15 is 0 Å². The minimum Gasteiger partial charge on any atom is -0.481 e. The molecule has 3 aliphatic rings.